The molecule has 0 spiro atoms. The van der Waals surface area contributed by atoms with Gasteiger partial charge in [0, 0.05) is 19.4 Å². The minimum absolute atomic E-state index is 0.141. The van der Waals surface area contributed by atoms with Crippen LogP contribution in [0.25, 0.3) is 11.0 Å². The summed E-state index contributed by atoms with van der Waals surface area (Å²) in [5.41, 5.74) is 2.05. The molecule has 0 saturated carbocycles. The van der Waals surface area contributed by atoms with Gasteiger partial charge in [-0.3, -0.25) is 14.3 Å². The first kappa shape index (κ1) is 12.8. The summed E-state index contributed by atoms with van der Waals surface area (Å²) in [6.07, 6.45) is 3.80. The van der Waals surface area contributed by atoms with Crippen LogP contribution < -0.4 is 4.31 Å². The Morgan fingerprint density at radius 1 is 1.17 bits per heavy atom. The average molecular weight is 265 g/mol. The van der Waals surface area contributed by atoms with Crippen molar-refractivity contribution in [2.75, 3.05) is 17.1 Å². The summed E-state index contributed by atoms with van der Waals surface area (Å²) in [4.78, 5) is 8.32. The summed E-state index contributed by atoms with van der Waals surface area (Å²) >= 11 is 0. The van der Waals surface area contributed by atoms with Gasteiger partial charge in [0.25, 0.3) is 0 Å². The SMILES string of the molecule is CCCS(=O)(=O)N(C)c1ccc2nccnc2c1. The third kappa shape index (κ3) is 2.43. The number of aromatic nitrogens is 2. The molecular formula is C12H15N3O2S. The maximum atomic E-state index is 12.0. The molecule has 0 unspecified atom stereocenters. The summed E-state index contributed by atoms with van der Waals surface area (Å²) in [6.45, 7) is 1.84. The Labute approximate surface area is 107 Å². The molecule has 2 aromatic rings. The Bertz CT molecular complexity index is 655. The van der Waals surface area contributed by atoms with Crippen LogP contribution >= 0.6 is 0 Å². The lowest BCUT2D eigenvalue weighted by Crippen LogP contribution is -2.28. The van der Waals surface area contributed by atoms with E-state index in [1.165, 1.54) is 4.31 Å². The quantitative estimate of drug-likeness (QED) is 0.845. The van der Waals surface area contributed by atoms with Crippen LogP contribution in [0.4, 0.5) is 5.69 Å². The van der Waals surface area contributed by atoms with Crippen molar-refractivity contribution < 1.29 is 8.42 Å². The minimum atomic E-state index is -3.25. The van der Waals surface area contributed by atoms with Crippen molar-refractivity contribution in [1.29, 1.82) is 0 Å². The van der Waals surface area contributed by atoms with Crippen LogP contribution in [0.1, 0.15) is 13.3 Å². The van der Waals surface area contributed by atoms with Crippen molar-refractivity contribution >= 4 is 26.7 Å². The summed E-state index contributed by atoms with van der Waals surface area (Å²) < 4.78 is 25.2. The minimum Gasteiger partial charge on any atom is -0.273 e. The zero-order valence-electron chi connectivity index (χ0n) is 10.4. The van der Waals surface area contributed by atoms with Crippen molar-refractivity contribution in [3.05, 3.63) is 30.6 Å². The van der Waals surface area contributed by atoms with E-state index in [0.29, 0.717) is 17.6 Å². The van der Waals surface area contributed by atoms with Crippen LogP contribution in [0.15, 0.2) is 30.6 Å². The first-order chi connectivity index (χ1) is 8.54. The normalized spacial score (nSPS) is 11.7. The Balaban J connectivity index is 2.42. The highest BCUT2D eigenvalue weighted by Gasteiger charge is 2.17. The van der Waals surface area contributed by atoms with Gasteiger partial charge in [-0.25, -0.2) is 8.42 Å². The Morgan fingerprint density at radius 2 is 1.83 bits per heavy atom. The molecule has 0 amide bonds. The first-order valence-corrected chi connectivity index (χ1v) is 7.33. The molecule has 5 nitrogen and oxygen atoms in total. The second-order valence-corrected chi connectivity index (χ2v) is 6.13. The Hall–Kier alpha value is -1.69. The highest BCUT2D eigenvalue weighted by Crippen LogP contribution is 2.20. The van der Waals surface area contributed by atoms with Gasteiger partial charge in [-0.15, -0.1) is 0 Å². The van der Waals surface area contributed by atoms with Crippen molar-refractivity contribution in [3.8, 4) is 0 Å². The van der Waals surface area contributed by atoms with Crippen molar-refractivity contribution in [2.24, 2.45) is 0 Å². The van der Waals surface area contributed by atoms with Crippen molar-refractivity contribution in [1.82, 2.24) is 9.97 Å². The first-order valence-electron chi connectivity index (χ1n) is 5.72. The fourth-order valence-corrected chi connectivity index (χ4v) is 2.93. The van der Waals surface area contributed by atoms with Gasteiger partial charge in [0.15, 0.2) is 0 Å². The molecule has 18 heavy (non-hydrogen) atoms. The van der Waals surface area contributed by atoms with Gasteiger partial charge in [-0.05, 0) is 24.6 Å². The molecule has 1 heterocycles. The topological polar surface area (TPSA) is 63.2 Å². The number of hydrogen-bond donors (Lipinski definition) is 0. The van der Waals surface area contributed by atoms with E-state index in [9.17, 15) is 8.42 Å². The summed E-state index contributed by atoms with van der Waals surface area (Å²) in [5.74, 6) is 0.141. The maximum absolute atomic E-state index is 12.0. The predicted octanol–water partition coefficient (Wildman–Crippen LogP) is 1.81. The van der Waals surface area contributed by atoms with Gasteiger partial charge in [0.1, 0.15) is 0 Å². The zero-order chi connectivity index (χ0) is 13.2. The third-order valence-corrected chi connectivity index (χ3v) is 4.67. The average Bonchev–Trinajstić information content (AvgIpc) is 2.37. The monoisotopic (exact) mass is 265 g/mol. The van der Waals surface area contributed by atoms with E-state index in [-0.39, 0.29) is 5.75 Å². The molecular weight excluding hydrogens is 250 g/mol. The van der Waals surface area contributed by atoms with Gasteiger partial charge < -0.3 is 0 Å². The second kappa shape index (κ2) is 4.89. The molecule has 0 fully saturated rings. The predicted molar refractivity (Wildman–Crippen MR) is 72.0 cm³/mol. The second-order valence-electron chi connectivity index (χ2n) is 4.01. The molecule has 0 aliphatic rings. The summed E-state index contributed by atoms with van der Waals surface area (Å²) in [5, 5.41) is 0. The van der Waals surface area contributed by atoms with Crippen LogP contribution in [0.3, 0.4) is 0 Å². The van der Waals surface area contributed by atoms with Gasteiger partial charge in [-0.2, -0.15) is 0 Å². The van der Waals surface area contributed by atoms with Gasteiger partial charge >= 0.3 is 0 Å². The Morgan fingerprint density at radius 3 is 2.50 bits per heavy atom. The lowest BCUT2D eigenvalue weighted by molar-refractivity contribution is 0.593. The summed E-state index contributed by atoms with van der Waals surface area (Å²) in [7, 11) is -1.69. The summed E-state index contributed by atoms with van der Waals surface area (Å²) in [6, 6.07) is 5.25. The zero-order valence-corrected chi connectivity index (χ0v) is 11.2. The lowest BCUT2D eigenvalue weighted by atomic mass is 10.2. The van der Waals surface area contributed by atoms with E-state index in [2.05, 4.69) is 9.97 Å². The standard InChI is InChI=1S/C12H15N3O2S/c1-3-8-18(16,17)15(2)10-4-5-11-12(9-10)14-7-6-13-11/h4-7,9H,3,8H2,1-2H3. The number of fused-ring (bicyclic) bond motifs is 1. The molecule has 1 aromatic heterocycles. The number of anilines is 1. The van der Waals surface area contributed by atoms with E-state index in [1.54, 1.807) is 37.6 Å². The number of hydrogen-bond acceptors (Lipinski definition) is 4. The van der Waals surface area contributed by atoms with Crippen LogP contribution in [0.2, 0.25) is 0 Å². The van der Waals surface area contributed by atoms with Crippen LogP contribution in [-0.2, 0) is 10.0 Å². The van der Waals surface area contributed by atoms with Crippen molar-refractivity contribution in [3.63, 3.8) is 0 Å². The molecule has 6 heteroatoms. The highest BCUT2D eigenvalue weighted by atomic mass is 32.2. The molecule has 0 saturated heterocycles. The molecule has 0 atom stereocenters. The van der Waals surface area contributed by atoms with E-state index in [0.717, 1.165) is 5.52 Å². The number of nitrogens with zero attached hydrogens (tertiary/aromatic N) is 3. The van der Waals surface area contributed by atoms with Gasteiger partial charge in [0.2, 0.25) is 10.0 Å². The van der Waals surface area contributed by atoms with Gasteiger partial charge in [-0.1, -0.05) is 6.92 Å². The molecule has 2 rings (SSSR count). The molecule has 0 aliphatic carbocycles. The molecule has 0 bridgehead atoms. The smallest absolute Gasteiger partial charge is 0.234 e. The van der Waals surface area contributed by atoms with Crippen molar-refractivity contribution in [2.45, 2.75) is 13.3 Å². The van der Waals surface area contributed by atoms with E-state index >= 15 is 0 Å². The lowest BCUT2D eigenvalue weighted by Gasteiger charge is -2.19. The fraction of sp³-hybridized carbons (Fsp3) is 0.333. The van der Waals surface area contributed by atoms with E-state index in [1.807, 2.05) is 6.92 Å². The number of sulfonamides is 1. The van der Waals surface area contributed by atoms with E-state index < -0.39 is 10.0 Å². The molecule has 1 aromatic carbocycles. The number of rotatable bonds is 4. The molecule has 96 valence electrons. The van der Waals surface area contributed by atoms with Crippen LogP contribution in [0.5, 0.6) is 0 Å². The highest BCUT2D eigenvalue weighted by molar-refractivity contribution is 7.92. The largest absolute Gasteiger partial charge is 0.273 e. The Kier molecular flexibility index (Phi) is 3.47. The fourth-order valence-electron chi connectivity index (χ4n) is 1.70. The van der Waals surface area contributed by atoms with Crippen LogP contribution in [-0.4, -0.2) is 31.2 Å². The molecule has 0 N–H and O–H groups in total. The van der Waals surface area contributed by atoms with Crippen LogP contribution in [0, 0.1) is 0 Å². The number of benzene rings is 1. The van der Waals surface area contributed by atoms with E-state index in [4.69, 9.17) is 0 Å². The molecule has 0 aliphatic heterocycles. The third-order valence-electron chi connectivity index (χ3n) is 2.70. The molecule has 0 radical (unpaired) electrons. The maximum Gasteiger partial charge on any atom is 0.234 e. The van der Waals surface area contributed by atoms with Gasteiger partial charge in [0.05, 0.1) is 22.5 Å².